The predicted molar refractivity (Wildman–Crippen MR) is 100 cm³/mol. The van der Waals surface area contributed by atoms with Gasteiger partial charge in [-0.05, 0) is 43.5 Å². The van der Waals surface area contributed by atoms with E-state index < -0.39 is 0 Å². The molecule has 0 radical (unpaired) electrons. The molecule has 0 aliphatic heterocycles. The molecular formula is C20H18N2OS. The first-order chi connectivity index (χ1) is 11.8. The third kappa shape index (κ3) is 2.97. The van der Waals surface area contributed by atoms with Crippen molar-refractivity contribution in [2.45, 2.75) is 19.3 Å². The molecule has 0 spiro atoms. The lowest BCUT2D eigenvalue weighted by Gasteiger charge is -2.18. The van der Waals surface area contributed by atoms with Gasteiger partial charge in [0.1, 0.15) is 5.01 Å². The first-order valence-electron chi connectivity index (χ1n) is 8.22. The number of carbonyl (C=O) groups is 1. The minimum atomic E-state index is 0.0680. The van der Waals surface area contributed by atoms with Crippen molar-refractivity contribution in [1.82, 2.24) is 4.98 Å². The van der Waals surface area contributed by atoms with Crippen molar-refractivity contribution in [1.29, 1.82) is 0 Å². The van der Waals surface area contributed by atoms with E-state index in [9.17, 15) is 4.79 Å². The van der Waals surface area contributed by atoms with Crippen LogP contribution in [0.25, 0.3) is 20.8 Å². The maximum atomic E-state index is 12.6. The molecule has 1 aliphatic rings. The van der Waals surface area contributed by atoms with Gasteiger partial charge in [0.25, 0.3) is 0 Å². The summed E-state index contributed by atoms with van der Waals surface area (Å²) < 4.78 is 1.16. The lowest BCUT2D eigenvalue weighted by molar-refractivity contribution is -0.120. The number of nitrogens with zero attached hydrogens (tertiary/aromatic N) is 1. The number of hydrogen-bond donors (Lipinski definition) is 1. The predicted octanol–water partition coefficient (Wildman–Crippen LogP) is 5.26. The molecule has 3 aromatic rings. The van der Waals surface area contributed by atoms with Gasteiger partial charge in [-0.3, -0.25) is 4.79 Å². The number of anilines is 1. The molecule has 1 atom stereocenters. The highest BCUT2D eigenvalue weighted by molar-refractivity contribution is 7.21. The van der Waals surface area contributed by atoms with Crippen molar-refractivity contribution in [2.24, 2.45) is 5.92 Å². The van der Waals surface area contributed by atoms with E-state index in [0.29, 0.717) is 0 Å². The number of aromatic nitrogens is 1. The van der Waals surface area contributed by atoms with Gasteiger partial charge in [-0.2, -0.15) is 0 Å². The number of nitrogens with one attached hydrogen (secondary N) is 1. The standard InChI is InChI=1S/C20H18N2OS/c23-19(14-8-2-1-3-9-14)21-16-11-5-4-10-15(16)20-22-17-12-6-7-13-18(17)24-20/h1-2,4-7,10-14H,3,8-9H2,(H,21,23)/t14-/m0/s1. The van der Waals surface area contributed by atoms with Crippen molar-refractivity contribution in [3.63, 3.8) is 0 Å². The van der Waals surface area contributed by atoms with E-state index in [0.717, 1.165) is 45.7 Å². The fourth-order valence-corrected chi connectivity index (χ4v) is 4.04. The van der Waals surface area contributed by atoms with Gasteiger partial charge in [0.2, 0.25) is 5.91 Å². The average Bonchev–Trinajstić information content (AvgIpc) is 3.07. The van der Waals surface area contributed by atoms with Gasteiger partial charge in [-0.15, -0.1) is 11.3 Å². The molecule has 1 N–H and O–H groups in total. The number of rotatable bonds is 3. The number of allylic oxidation sites excluding steroid dienone is 2. The molecule has 1 heterocycles. The minimum absolute atomic E-state index is 0.0680. The van der Waals surface area contributed by atoms with Gasteiger partial charge in [0.15, 0.2) is 0 Å². The molecule has 120 valence electrons. The molecule has 0 unspecified atom stereocenters. The van der Waals surface area contributed by atoms with Gasteiger partial charge in [-0.1, -0.05) is 36.4 Å². The monoisotopic (exact) mass is 334 g/mol. The van der Waals surface area contributed by atoms with Gasteiger partial charge in [0.05, 0.1) is 15.9 Å². The van der Waals surface area contributed by atoms with E-state index in [1.54, 1.807) is 11.3 Å². The lowest BCUT2D eigenvalue weighted by Crippen LogP contribution is -2.23. The Morgan fingerprint density at radius 2 is 1.92 bits per heavy atom. The number of benzene rings is 2. The quantitative estimate of drug-likeness (QED) is 0.664. The van der Waals surface area contributed by atoms with Crippen LogP contribution < -0.4 is 5.32 Å². The van der Waals surface area contributed by atoms with Crippen LogP contribution in [0.1, 0.15) is 19.3 Å². The molecule has 1 aromatic heterocycles. The van der Waals surface area contributed by atoms with Crippen LogP contribution in [-0.4, -0.2) is 10.9 Å². The molecule has 1 amide bonds. The van der Waals surface area contributed by atoms with Crippen LogP contribution in [0.3, 0.4) is 0 Å². The molecule has 4 rings (SSSR count). The normalized spacial score (nSPS) is 17.1. The molecular weight excluding hydrogens is 316 g/mol. The van der Waals surface area contributed by atoms with Crippen LogP contribution in [0.5, 0.6) is 0 Å². The van der Waals surface area contributed by atoms with Gasteiger partial charge in [0, 0.05) is 11.5 Å². The Bertz CT molecular complexity index is 880. The van der Waals surface area contributed by atoms with Crippen LogP contribution in [-0.2, 0) is 4.79 Å². The van der Waals surface area contributed by atoms with E-state index in [4.69, 9.17) is 4.98 Å². The number of hydrogen-bond acceptors (Lipinski definition) is 3. The fraction of sp³-hybridized carbons (Fsp3) is 0.200. The first kappa shape index (κ1) is 15.1. The molecule has 0 saturated carbocycles. The fourth-order valence-electron chi connectivity index (χ4n) is 3.03. The zero-order chi connectivity index (χ0) is 16.4. The summed E-state index contributed by atoms with van der Waals surface area (Å²) in [6.45, 7) is 0. The summed E-state index contributed by atoms with van der Waals surface area (Å²) in [4.78, 5) is 17.3. The van der Waals surface area contributed by atoms with E-state index >= 15 is 0 Å². The van der Waals surface area contributed by atoms with Crippen molar-refractivity contribution in [2.75, 3.05) is 5.32 Å². The van der Waals surface area contributed by atoms with E-state index in [2.05, 4.69) is 23.5 Å². The van der Waals surface area contributed by atoms with Crippen molar-refractivity contribution in [3.05, 3.63) is 60.7 Å². The molecule has 4 heteroatoms. The Labute approximate surface area is 145 Å². The lowest BCUT2D eigenvalue weighted by atomic mass is 9.93. The Morgan fingerprint density at radius 3 is 2.75 bits per heavy atom. The summed E-state index contributed by atoms with van der Waals surface area (Å²) >= 11 is 1.65. The van der Waals surface area contributed by atoms with Gasteiger partial charge in [-0.25, -0.2) is 4.98 Å². The minimum Gasteiger partial charge on any atom is -0.325 e. The highest BCUT2D eigenvalue weighted by atomic mass is 32.1. The number of fused-ring (bicyclic) bond motifs is 1. The summed E-state index contributed by atoms with van der Waals surface area (Å²) in [6.07, 6.45) is 6.99. The second-order valence-corrected chi connectivity index (χ2v) is 7.03. The largest absolute Gasteiger partial charge is 0.325 e. The molecule has 2 aromatic carbocycles. The van der Waals surface area contributed by atoms with Crippen LogP contribution in [0.4, 0.5) is 5.69 Å². The molecule has 3 nitrogen and oxygen atoms in total. The zero-order valence-electron chi connectivity index (χ0n) is 13.2. The van der Waals surface area contributed by atoms with Gasteiger partial charge >= 0.3 is 0 Å². The second kappa shape index (κ2) is 6.57. The van der Waals surface area contributed by atoms with Crippen LogP contribution >= 0.6 is 11.3 Å². The summed E-state index contributed by atoms with van der Waals surface area (Å²) in [5.41, 5.74) is 2.82. The molecule has 1 aliphatic carbocycles. The number of carbonyl (C=O) groups excluding carboxylic acids is 1. The topological polar surface area (TPSA) is 42.0 Å². The molecule has 0 bridgehead atoms. The second-order valence-electron chi connectivity index (χ2n) is 6.00. The van der Waals surface area contributed by atoms with Crippen molar-refractivity contribution in [3.8, 4) is 10.6 Å². The third-order valence-corrected chi connectivity index (χ3v) is 5.42. The summed E-state index contributed by atoms with van der Waals surface area (Å²) in [7, 11) is 0. The maximum Gasteiger partial charge on any atom is 0.227 e. The average molecular weight is 334 g/mol. The van der Waals surface area contributed by atoms with Crippen LogP contribution in [0, 0.1) is 5.92 Å². The summed E-state index contributed by atoms with van der Waals surface area (Å²) in [5, 5.41) is 4.06. The molecule has 0 saturated heterocycles. The SMILES string of the molecule is O=C(Nc1ccccc1-c1nc2ccccc2s1)[C@H]1CC=CCC1. The van der Waals surface area contributed by atoms with Gasteiger partial charge < -0.3 is 5.32 Å². The molecule has 24 heavy (non-hydrogen) atoms. The third-order valence-electron chi connectivity index (χ3n) is 4.35. The highest BCUT2D eigenvalue weighted by Crippen LogP contribution is 2.34. The van der Waals surface area contributed by atoms with E-state index in [1.165, 1.54) is 0 Å². The van der Waals surface area contributed by atoms with E-state index in [-0.39, 0.29) is 11.8 Å². The summed E-state index contributed by atoms with van der Waals surface area (Å²) in [5.74, 6) is 0.173. The van der Waals surface area contributed by atoms with E-state index in [1.807, 2.05) is 42.5 Å². The highest BCUT2D eigenvalue weighted by Gasteiger charge is 2.20. The van der Waals surface area contributed by atoms with Crippen molar-refractivity contribution >= 4 is 33.1 Å². The van der Waals surface area contributed by atoms with Crippen LogP contribution in [0.2, 0.25) is 0 Å². The number of para-hydroxylation sites is 2. The summed E-state index contributed by atoms with van der Waals surface area (Å²) in [6, 6.07) is 16.0. The first-order valence-corrected chi connectivity index (χ1v) is 9.04. The molecule has 0 fully saturated rings. The Hall–Kier alpha value is -2.46. The number of thiazole rings is 1. The number of amides is 1. The zero-order valence-corrected chi connectivity index (χ0v) is 14.1. The Kier molecular flexibility index (Phi) is 4.13. The maximum absolute atomic E-state index is 12.6. The van der Waals surface area contributed by atoms with Crippen LogP contribution in [0.15, 0.2) is 60.7 Å². The Balaban J connectivity index is 1.65. The Morgan fingerprint density at radius 1 is 1.08 bits per heavy atom. The van der Waals surface area contributed by atoms with Crippen molar-refractivity contribution < 1.29 is 4.79 Å². The smallest absolute Gasteiger partial charge is 0.227 e.